The average Bonchev–Trinajstić information content (AvgIpc) is 2.49. The number of benzene rings is 1. The lowest BCUT2D eigenvalue weighted by Crippen LogP contribution is -1.98. The molecule has 0 bridgehead atoms. The second kappa shape index (κ2) is 17.2. The molecule has 0 saturated heterocycles. The van der Waals surface area contributed by atoms with Gasteiger partial charge in [-0.05, 0) is 18.1 Å². The van der Waals surface area contributed by atoms with E-state index in [1.54, 1.807) is 12.1 Å². The van der Waals surface area contributed by atoms with E-state index in [-0.39, 0.29) is 17.4 Å². The van der Waals surface area contributed by atoms with Crippen LogP contribution in [0.1, 0.15) is 34.1 Å². The second-order valence-electron chi connectivity index (χ2n) is 3.36. The molecule has 0 aliphatic heterocycles. The SMILES string of the molecule is CC.CCC(C)COP=O.O=POc1ccccc1. The first-order valence-electron chi connectivity index (χ1n) is 6.23. The molecule has 0 fully saturated rings. The molecule has 1 unspecified atom stereocenters. The Balaban J connectivity index is 0. The number of hydrogen-bond acceptors (Lipinski definition) is 4. The van der Waals surface area contributed by atoms with Crippen LogP contribution in [0.3, 0.4) is 0 Å². The molecule has 0 aromatic heterocycles. The zero-order valence-corrected chi connectivity index (χ0v) is 13.7. The van der Waals surface area contributed by atoms with Gasteiger partial charge in [0.25, 0.3) is 0 Å². The van der Waals surface area contributed by atoms with Gasteiger partial charge in [-0.15, -0.1) is 0 Å². The van der Waals surface area contributed by atoms with Crippen molar-refractivity contribution in [1.82, 2.24) is 0 Å². The lowest BCUT2D eigenvalue weighted by molar-refractivity contribution is 0.277. The van der Waals surface area contributed by atoms with Crippen molar-refractivity contribution in [1.29, 1.82) is 0 Å². The van der Waals surface area contributed by atoms with Gasteiger partial charge < -0.3 is 4.52 Å². The molecule has 0 heterocycles. The molecule has 1 aromatic rings. The molecule has 1 aromatic carbocycles. The minimum Gasteiger partial charge on any atom is -0.408 e. The molecule has 0 saturated carbocycles. The molecule has 1 atom stereocenters. The summed E-state index contributed by atoms with van der Waals surface area (Å²) in [5, 5.41) is 0. The van der Waals surface area contributed by atoms with E-state index in [2.05, 4.69) is 22.9 Å². The van der Waals surface area contributed by atoms with Crippen LogP contribution in [-0.2, 0) is 13.7 Å². The van der Waals surface area contributed by atoms with Gasteiger partial charge in [-0.2, -0.15) is 0 Å². The number of hydrogen-bond donors (Lipinski definition) is 0. The van der Waals surface area contributed by atoms with Crippen LogP contribution in [0.5, 0.6) is 5.75 Å². The van der Waals surface area contributed by atoms with Crippen LogP contribution < -0.4 is 4.52 Å². The monoisotopic (exact) mass is 304 g/mol. The standard InChI is InChI=1S/C6H5O2P.C5H11O2P.C2H6/c7-9-8-6-4-2-1-3-5-6;1-3-5(2)4-7-8-6;1-2/h1-5H;5H,3-4H2,1-2H3;1-2H3. The van der Waals surface area contributed by atoms with Crippen molar-refractivity contribution >= 4 is 17.4 Å². The van der Waals surface area contributed by atoms with Gasteiger partial charge in [0, 0.05) is 0 Å². The summed E-state index contributed by atoms with van der Waals surface area (Å²) in [5.74, 6) is 1.14. The Kier molecular flexibility index (Phi) is 18.5. The first-order chi connectivity index (χ1) is 9.24. The Morgan fingerprint density at radius 1 is 1.11 bits per heavy atom. The molecule has 6 heteroatoms. The van der Waals surface area contributed by atoms with Gasteiger partial charge in [0.05, 0.1) is 6.61 Å². The van der Waals surface area contributed by atoms with Crippen LogP contribution in [0.4, 0.5) is 0 Å². The largest absolute Gasteiger partial charge is 0.408 e. The molecule has 4 nitrogen and oxygen atoms in total. The van der Waals surface area contributed by atoms with Crippen LogP contribution in [0.15, 0.2) is 30.3 Å². The predicted molar refractivity (Wildman–Crippen MR) is 79.0 cm³/mol. The average molecular weight is 304 g/mol. The maximum Gasteiger partial charge on any atom is 0.395 e. The molecule has 0 N–H and O–H groups in total. The zero-order chi connectivity index (χ0) is 14.9. The Hall–Kier alpha value is -0.820. The van der Waals surface area contributed by atoms with E-state index in [1.165, 1.54) is 0 Å². The number of rotatable bonds is 6. The molecule has 0 aliphatic carbocycles. The third-order valence-corrected chi connectivity index (χ3v) is 2.53. The summed E-state index contributed by atoms with van der Waals surface area (Å²) >= 11 is 0. The van der Waals surface area contributed by atoms with Gasteiger partial charge in [-0.25, -0.2) is 9.13 Å². The highest BCUT2D eigenvalue weighted by atomic mass is 31.1. The van der Waals surface area contributed by atoms with Crippen molar-refractivity contribution in [3.63, 3.8) is 0 Å². The molecule has 108 valence electrons. The summed E-state index contributed by atoms with van der Waals surface area (Å²) in [6.07, 6.45) is 1.08. The highest BCUT2D eigenvalue weighted by Crippen LogP contribution is 2.12. The molecule has 19 heavy (non-hydrogen) atoms. The predicted octanol–water partition coefficient (Wildman–Crippen LogP) is 5.55. The molecular weight excluding hydrogens is 282 g/mol. The van der Waals surface area contributed by atoms with Crippen LogP contribution >= 0.6 is 17.4 Å². The van der Waals surface area contributed by atoms with Crippen LogP contribution in [0.2, 0.25) is 0 Å². The zero-order valence-electron chi connectivity index (χ0n) is 11.9. The minimum atomic E-state index is -0.305. The summed E-state index contributed by atoms with van der Waals surface area (Å²) in [6.45, 7) is 8.74. The van der Waals surface area contributed by atoms with Crippen molar-refractivity contribution in [2.24, 2.45) is 5.92 Å². The highest BCUT2D eigenvalue weighted by Gasteiger charge is 1.96. The molecular formula is C13H22O4P2. The third kappa shape index (κ3) is 15.1. The quantitative estimate of drug-likeness (QED) is 0.646. The summed E-state index contributed by atoms with van der Waals surface area (Å²) in [7, 11) is -0.506. The molecule has 0 aliphatic rings. The van der Waals surface area contributed by atoms with Gasteiger partial charge in [-0.1, -0.05) is 52.3 Å². The first kappa shape index (κ1) is 20.5. The molecule has 0 amide bonds. The van der Waals surface area contributed by atoms with E-state index >= 15 is 0 Å². The van der Waals surface area contributed by atoms with Gasteiger partial charge in [-0.3, -0.25) is 4.52 Å². The lowest BCUT2D eigenvalue weighted by Gasteiger charge is -2.01. The van der Waals surface area contributed by atoms with E-state index in [0.717, 1.165) is 6.42 Å². The highest BCUT2D eigenvalue weighted by molar-refractivity contribution is 7.17. The van der Waals surface area contributed by atoms with Crippen LogP contribution in [0.25, 0.3) is 0 Å². The van der Waals surface area contributed by atoms with E-state index in [4.69, 9.17) is 0 Å². The van der Waals surface area contributed by atoms with Gasteiger partial charge >= 0.3 is 17.4 Å². The Morgan fingerprint density at radius 3 is 2.11 bits per heavy atom. The van der Waals surface area contributed by atoms with Gasteiger partial charge in [0.2, 0.25) is 0 Å². The normalized spacial score (nSPS) is 10.7. The summed E-state index contributed by atoms with van der Waals surface area (Å²) < 4.78 is 28.8. The molecule has 1 rings (SSSR count). The smallest absolute Gasteiger partial charge is 0.395 e. The van der Waals surface area contributed by atoms with Crippen molar-refractivity contribution in [3.05, 3.63) is 30.3 Å². The maximum atomic E-state index is 9.85. The Labute approximate surface area is 119 Å². The van der Waals surface area contributed by atoms with Crippen molar-refractivity contribution in [2.45, 2.75) is 34.1 Å². The van der Waals surface area contributed by atoms with Crippen LogP contribution in [-0.4, -0.2) is 6.61 Å². The van der Waals surface area contributed by atoms with Gasteiger partial charge in [0.1, 0.15) is 5.75 Å². The van der Waals surface area contributed by atoms with Crippen molar-refractivity contribution in [2.75, 3.05) is 6.61 Å². The Morgan fingerprint density at radius 2 is 1.68 bits per heavy atom. The van der Waals surface area contributed by atoms with E-state index in [1.807, 2.05) is 32.0 Å². The number of para-hydroxylation sites is 1. The summed E-state index contributed by atoms with van der Waals surface area (Å²) in [6, 6.07) is 8.99. The molecule has 0 radical (unpaired) electrons. The summed E-state index contributed by atoms with van der Waals surface area (Å²) in [4.78, 5) is 0. The van der Waals surface area contributed by atoms with E-state index < -0.39 is 0 Å². The lowest BCUT2D eigenvalue weighted by atomic mass is 10.1. The van der Waals surface area contributed by atoms with E-state index in [0.29, 0.717) is 18.3 Å². The van der Waals surface area contributed by atoms with Crippen LogP contribution in [0, 0.1) is 5.92 Å². The topological polar surface area (TPSA) is 52.6 Å². The second-order valence-corrected chi connectivity index (χ2v) is 4.10. The molecule has 0 spiro atoms. The fraction of sp³-hybridized carbons (Fsp3) is 0.538. The maximum absolute atomic E-state index is 9.85. The fourth-order valence-electron chi connectivity index (χ4n) is 0.800. The van der Waals surface area contributed by atoms with E-state index in [9.17, 15) is 9.13 Å². The first-order valence-corrected chi connectivity index (χ1v) is 7.70. The van der Waals surface area contributed by atoms with Crippen molar-refractivity contribution < 1.29 is 18.2 Å². The fourth-order valence-corrected chi connectivity index (χ4v) is 1.32. The van der Waals surface area contributed by atoms with Gasteiger partial charge in [0.15, 0.2) is 0 Å². The Bertz CT molecular complexity index is 307. The third-order valence-electron chi connectivity index (χ3n) is 1.99. The minimum absolute atomic E-state index is 0.201. The summed E-state index contributed by atoms with van der Waals surface area (Å²) in [5.41, 5.74) is 0. The van der Waals surface area contributed by atoms with Crippen molar-refractivity contribution in [3.8, 4) is 5.75 Å².